The van der Waals surface area contributed by atoms with E-state index in [-0.39, 0.29) is 29.5 Å². The minimum Gasteiger partial charge on any atom is -0.377 e. The van der Waals surface area contributed by atoms with Crippen molar-refractivity contribution >= 4 is 5.91 Å². The van der Waals surface area contributed by atoms with Crippen molar-refractivity contribution in [2.75, 3.05) is 13.2 Å². The summed E-state index contributed by atoms with van der Waals surface area (Å²) in [6.45, 7) is 0.877. The molecular weight excluding hydrogens is 294 g/mol. The van der Waals surface area contributed by atoms with Crippen molar-refractivity contribution in [3.05, 3.63) is 28.2 Å². The molecule has 1 aromatic heterocycles. The first kappa shape index (κ1) is 14.9. The molecule has 0 aromatic carbocycles. The van der Waals surface area contributed by atoms with E-state index in [0.717, 1.165) is 44.2 Å². The molecule has 1 aliphatic heterocycles. The summed E-state index contributed by atoms with van der Waals surface area (Å²) >= 11 is 0. The van der Waals surface area contributed by atoms with Gasteiger partial charge < -0.3 is 10.1 Å². The normalized spacial score (nSPS) is 28.2. The smallest absolute Gasteiger partial charge is 0.267 e. The van der Waals surface area contributed by atoms with Crippen molar-refractivity contribution in [1.29, 1.82) is 0 Å². The van der Waals surface area contributed by atoms with E-state index in [1.165, 1.54) is 4.68 Å². The summed E-state index contributed by atoms with van der Waals surface area (Å²) in [5.74, 6) is 0.726. The quantitative estimate of drug-likeness (QED) is 0.910. The van der Waals surface area contributed by atoms with E-state index in [1.807, 2.05) is 6.07 Å². The Hall–Kier alpha value is -1.69. The summed E-state index contributed by atoms with van der Waals surface area (Å²) < 4.78 is 7.07. The number of nitrogens with zero attached hydrogens (tertiary/aromatic N) is 2. The maximum Gasteiger partial charge on any atom is 0.267 e. The van der Waals surface area contributed by atoms with Crippen molar-refractivity contribution in [2.45, 2.75) is 56.5 Å². The number of hydrogen-bond acceptors (Lipinski definition) is 4. The number of hydrogen-bond donors (Lipinski definition) is 1. The molecule has 23 heavy (non-hydrogen) atoms. The number of nitrogens with one attached hydrogen (secondary N) is 1. The summed E-state index contributed by atoms with van der Waals surface area (Å²) in [6, 6.07) is 3.06. The molecule has 2 aliphatic carbocycles. The summed E-state index contributed by atoms with van der Waals surface area (Å²) in [6.07, 6.45) is 6.50. The first-order valence-corrected chi connectivity index (χ1v) is 8.70. The molecule has 3 fully saturated rings. The average Bonchev–Trinajstić information content (AvgIpc) is 3.07. The van der Waals surface area contributed by atoms with Crippen LogP contribution in [0.1, 0.15) is 56.2 Å². The fourth-order valence-corrected chi connectivity index (χ4v) is 3.68. The Labute approximate surface area is 135 Å². The monoisotopic (exact) mass is 317 g/mol. The van der Waals surface area contributed by atoms with Crippen LogP contribution in [0.3, 0.4) is 0 Å². The van der Waals surface area contributed by atoms with Crippen molar-refractivity contribution in [3.63, 3.8) is 0 Å². The number of carbonyl (C=O) groups excluding carboxylic acids is 1. The lowest BCUT2D eigenvalue weighted by atomic mass is 10.1. The van der Waals surface area contributed by atoms with Gasteiger partial charge in [0.2, 0.25) is 5.91 Å². The molecule has 2 heterocycles. The maximum atomic E-state index is 12.4. The van der Waals surface area contributed by atoms with E-state index in [0.29, 0.717) is 19.1 Å². The Morgan fingerprint density at radius 3 is 2.70 bits per heavy atom. The first-order valence-electron chi connectivity index (χ1n) is 8.70. The number of amides is 1. The maximum absolute atomic E-state index is 12.4. The van der Waals surface area contributed by atoms with Gasteiger partial charge in [-0.05, 0) is 31.7 Å². The third-order valence-corrected chi connectivity index (χ3v) is 5.26. The molecule has 0 bridgehead atoms. The minimum atomic E-state index is -0.202. The van der Waals surface area contributed by atoms with Gasteiger partial charge in [-0.3, -0.25) is 9.59 Å². The largest absolute Gasteiger partial charge is 0.377 e. The molecule has 0 radical (unpaired) electrons. The van der Waals surface area contributed by atoms with Crippen molar-refractivity contribution in [1.82, 2.24) is 15.1 Å². The second kappa shape index (κ2) is 6.07. The number of ether oxygens (including phenoxy) is 1. The van der Waals surface area contributed by atoms with Crippen molar-refractivity contribution in [2.24, 2.45) is 5.92 Å². The molecule has 2 saturated carbocycles. The van der Waals surface area contributed by atoms with Gasteiger partial charge in [0, 0.05) is 17.9 Å². The van der Waals surface area contributed by atoms with Crippen LogP contribution >= 0.6 is 0 Å². The number of rotatable bonds is 4. The summed E-state index contributed by atoms with van der Waals surface area (Å²) in [5.41, 5.74) is 0.863. The molecule has 6 heteroatoms. The van der Waals surface area contributed by atoms with Crippen molar-refractivity contribution < 1.29 is 9.53 Å². The van der Waals surface area contributed by atoms with Crippen LogP contribution in [0.25, 0.3) is 0 Å². The minimum absolute atomic E-state index is 0.106. The zero-order valence-electron chi connectivity index (χ0n) is 13.2. The van der Waals surface area contributed by atoms with Crippen LogP contribution < -0.4 is 10.9 Å². The summed E-state index contributed by atoms with van der Waals surface area (Å²) in [4.78, 5) is 24.6. The zero-order chi connectivity index (χ0) is 15.8. The predicted octanol–water partition coefficient (Wildman–Crippen LogP) is 1.37. The van der Waals surface area contributed by atoms with Gasteiger partial charge in [-0.1, -0.05) is 12.8 Å². The zero-order valence-corrected chi connectivity index (χ0v) is 13.2. The van der Waals surface area contributed by atoms with Crippen LogP contribution in [-0.4, -0.2) is 34.9 Å². The van der Waals surface area contributed by atoms with E-state index in [4.69, 9.17) is 4.74 Å². The Bertz CT molecular complexity index is 647. The Kier molecular flexibility index (Phi) is 3.93. The van der Waals surface area contributed by atoms with Gasteiger partial charge in [-0.2, -0.15) is 5.10 Å². The van der Waals surface area contributed by atoms with Crippen LogP contribution in [0.2, 0.25) is 0 Å². The fourth-order valence-electron chi connectivity index (χ4n) is 3.68. The highest BCUT2D eigenvalue weighted by molar-refractivity contribution is 5.79. The third kappa shape index (κ3) is 3.04. The molecule has 124 valence electrons. The molecule has 1 saturated heterocycles. The second-order valence-electron chi connectivity index (χ2n) is 7.02. The number of carbonyl (C=O) groups is 1. The highest BCUT2D eigenvalue weighted by atomic mass is 16.5. The molecule has 4 rings (SSSR count). The molecule has 1 aromatic rings. The average molecular weight is 317 g/mol. The molecule has 2 atom stereocenters. The topological polar surface area (TPSA) is 73.2 Å². The van der Waals surface area contributed by atoms with Gasteiger partial charge in [0.1, 0.15) is 6.04 Å². The van der Waals surface area contributed by atoms with Gasteiger partial charge >= 0.3 is 0 Å². The summed E-state index contributed by atoms with van der Waals surface area (Å²) in [7, 11) is 0. The molecular formula is C17H23N3O3. The van der Waals surface area contributed by atoms with Gasteiger partial charge in [0.15, 0.2) is 0 Å². The SMILES string of the molecule is O=C(NC1COCC1n1nc(C2CC2)ccc1=O)C1CCCC1. The lowest BCUT2D eigenvalue weighted by Gasteiger charge is -2.22. The van der Waals surface area contributed by atoms with E-state index in [2.05, 4.69) is 10.4 Å². The fraction of sp³-hybridized carbons (Fsp3) is 0.706. The molecule has 0 spiro atoms. The molecule has 3 aliphatic rings. The van der Waals surface area contributed by atoms with Crippen LogP contribution in [0, 0.1) is 5.92 Å². The standard InChI is InChI=1S/C17H23N3O3/c21-16-8-7-13(11-5-6-11)19-20(16)15-10-23-9-14(15)18-17(22)12-3-1-2-4-12/h7-8,11-12,14-15H,1-6,9-10H2,(H,18,22). The van der Waals surface area contributed by atoms with Crippen LogP contribution in [-0.2, 0) is 9.53 Å². The van der Waals surface area contributed by atoms with E-state index < -0.39 is 0 Å². The molecule has 2 unspecified atom stereocenters. The van der Waals surface area contributed by atoms with E-state index >= 15 is 0 Å². The van der Waals surface area contributed by atoms with Gasteiger partial charge in [-0.25, -0.2) is 4.68 Å². The molecule has 1 N–H and O–H groups in total. The van der Waals surface area contributed by atoms with Gasteiger partial charge in [-0.15, -0.1) is 0 Å². The van der Waals surface area contributed by atoms with E-state index in [9.17, 15) is 9.59 Å². The van der Waals surface area contributed by atoms with Gasteiger partial charge in [0.05, 0.1) is 24.9 Å². The first-order chi connectivity index (χ1) is 11.2. The Morgan fingerprint density at radius 2 is 1.96 bits per heavy atom. The highest BCUT2D eigenvalue weighted by Crippen LogP contribution is 2.38. The molecule has 1 amide bonds. The van der Waals surface area contributed by atoms with Crippen LogP contribution in [0.5, 0.6) is 0 Å². The Morgan fingerprint density at radius 1 is 1.17 bits per heavy atom. The van der Waals surface area contributed by atoms with Crippen molar-refractivity contribution in [3.8, 4) is 0 Å². The Balaban J connectivity index is 1.52. The van der Waals surface area contributed by atoms with E-state index in [1.54, 1.807) is 6.07 Å². The third-order valence-electron chi connectivity index (χ3n) is 5.26. The van der Waals surface area contributed by atoms with Gasteiger partial charge in [0.25, 0.3) is 5.56 Å². The lowest BCUT2D eigenvalue weighted by Crippen LogP contribution is -2.45. The van der Waals surface area contributed by atoms with Crippen LogP contribution in [0.15, 0.2) is 16.9 Å². The number of aromatic nitrogens is 2. The summed E-state index contributed by atoms with van der Waals surface area (Å²) in [5, 5.41) is 7.64. The molecule has 6 nitrogen and oxygen atoms in total. The second-order valence-corrected chi connectivity index (χ2v) is 7.02. The van der Waals surface area contributed by atoms with Crippen LogP contribution in [0.4, 0.5) is 0 Å². The highest BCUT2D eigenvalue weighted by Gasteiger charge is 2.35. The predicted molar refractivity (Wildman–Crippen MR) is 84.2 cm³/mol. The lowest BCUT2D eigenvalue weighted by molar-refractivity contribution is -0.125.